The first-order valence-electron chi connectivity index (χ1n) is 4.54. The Morgan fingerprint density at radius 1 is 1.57 bits per heavy atom. The van der Waals surface area contributed by atoms with Gasteiger partial charge in [0.1, 0.15) is 0 Å². The Kier molecular flexibility index (Phi) is 3.03. The fraction of sp³-hybridized carbons (Fsp3) is 0.400. The summed E-state index contributed by atoms with van der Waals surface area (Å²) in [5.74, 6) is 0. The molecular weight excluding hydrogens is 202 g/mol. The number of hydrogen-bond donors (Lipinski definition) is 1. The average Bonchev–Trinajstić information content (AvgIpc) is 2.51. The van der Waals surface area contributed by atoms with Crippen molar-refractivity contribution in [3.05, 3.63) is 34.9 Å². The molecule has 0 bridgehead atoms. The third kappa shape index (κ3) is 2.45. The highest BCUT2D eigenvalue weighted by atomic mass is 35.5. The first-order valence-corrected chi connectivity index (χ1v) is 4.92. The van der Waals surface area contributed by atoms with E-state index in [-0.39, 0.29) is 6.10 Å². The van der Waals surface area contributed by atoms with E-state index < -0.39 is 0 Å². The SMILES string of the molecule is OC1CON(Cc2cccc(Cl)c2)C1. The van der Waals surface area contributed by atoms with Crippen LogP contribution >= 0.6 is 11.6 Å². The molecule has 14 heavy (non-hydrogen) atoms. The molecule has 1 aromatic carbocycles. The number of hydroxylamine groups is 2. The molecule has 0 amide bonds. The summed E-state index contributed by atoms with van der Waals surface area (Å²) in [7, 11) is 0. The number of aliphatic hydroxyl groups is 1. The highest BCUT2D eigenvalue weighted by Crippen LogP contribution is 2.15. The average molecular weight is 214 g/mol. The molecule has 0 aromatic heterocycles. The van der Waals surface area contributed by atoms with Crippen LogP contribution in [0.3, 0.4) is 0 Å². The molecule has 1 fully saturated rings. The van der Waals surface area contributed by atoms with Crippen LogP contribution in [0.1, 0.15) is 5.56 Å². The Morgan fingerprint density at radius 2 is 2.43 bits per heavy atom. The van der Waals surface area contributed by atoms with Gasteiger partial charge in [-0.05, 0) is 17.7 Å². The van der Waals surface area contributed by atoms with Crippen molar-refractivity contribution in [1.29, 1.82) is 0 Å². The van der Waals surface area contributed by atoms with E-state index in [2.05, 4.69) is 0 Å². The molecule has 1 atom stereocenters. The normalized spacial score (nSPS) is 22.9. The van der Waals surface area contributed by atoms with Crippen molar-refractivity contribution in [3.63, 3.8) is 0 Å². The molecule has 0 aliphatic carbocycles. The summed E-state index contributed by atoms with van der Waals surface area (Å²) >= 11 is 5.85. The van der Waals surface area contributed by atoms with E-state index in [9.17, 15) is 5.11 Å². The summed E-state index contributed by atoms with van der Waals surface area (Å²) < 4.78 is 0. The smallest absolute Gasteiger partial charge is 0.0958 e. The Hall–Kier alpha value is -0.610. The van der Waals surface area contributed by atoms with E-state index >= 15 is 0 Å². The first-order chi connectivity index (χ1) is 6.74. The summed E-state index contributed by atoms with van der Waals surface area (Å²) in [6, 6.07) is 7.63. The van der Waals surface area contributed by atoms with Crippen molar-refractivity contribution in [2.75, 3.05) is 13.2 Å². The number of aliphatic hydroxyl groups excluding tert-OH is 1. The summed E-state index contributed by atoms with van der Waals surface area (Å²) in [5, 5.41) is 11.7. The molecule has 1 saturated heterocycles. The van der Waals surface area contributed by atoms with Crippen LogP contribution in [0.2, 0.25) is 5.02 Å². The minimum atomic E-state index is -0.366. The Labute approximate surface area is 87.8 Å². The Bertz CT molecular complexity index is 319. The number of halogens is 1. The van der Waals surface area contributed by atoms with Crippen molar-refractivity contribution in [3.8, 4) is 0 Å². The summed E-state index contributed by atoms with van der Waals surface area (Å²) in [4.78, 5) is 5.25. The number of benzene rings is 1. The number of hydrogen-bond acceptors (Lipinski definition) is 3. The predicted molar refractivity (Wildman–Crippen MR) is 53.8 cm³/mol. The van der Waals surface area contributed by atoms with Gasteiger partial charge in [-0.25, -0.2) is 0 Å². The lowest BCUT2D eigenvalue weighted by Crippen LogP contribution is -2.20. The van der Waals surface area contributed by atoms with Crippen LogP contribution in [-0.2, 0) is 11.4 Å². The number of β-amino-alcohol motifs (C(OH)–C–C–N with tert-alkyl or cyclic N) is 1. The van der Waals surface area contributed by atoms with Crippen molar-refractivity contribution < 1.29 is 9.94 Å². The van der Waals surface area contributed by atoms with E-state index in [1.165, 1.54) is 0 Å². The van der Waals surface area contributed by atoms with E-state index in [4.69, 9.17) is 16.4 Å². The Morgan fingerprint density at radius 3 is 3.07 bits per heavy atom. The van der Waals surface area contributed by atoms with Crippen LogP contribution in [0, 0.1) is 0 Å². The lowest BCUT2D eigenvalue weighted by Gasteiger charge is -2.13. The lowest BCUT2D eigenvalue weighted by atomic mass is 10.2. The quantitative estimate of drug-likeness (QED) is 0.807. The molecule has 0 radical (unpaired) electrons. The number of nitrogens with zero attached hydrogens (tertiary/aromatic N) is 1. The van der Waals surface area contributed by atoms with Crippen LogP contribution in [0.15, 0.2) is 24.3 Å². The monoisotopic (exact) mass is 213 g/mol. The summed E-state index contributed by atoms with van der Waals surface area (Å²) in [6.45, 7) is 1.62. The maximum absolute atomic E-state index is 9.24. The van der Waals surface area contributed by atoms with Gasteiger partial charge in [-0.15, -0.1) is 0 Å². The molecule has 1 aliphatic heterocycles. The summed E-state index contributed by atoms with van der Waals surface area (Å²) in [6.07, 6.45) is -0.366. The zero-order chi connectivity index (χ0) is 9.97. The van der Waals surface area contributed by atoms with Crippen LogP contribution in [0.4, 0.5) is 0 Å². The zero-order valence-corrected chi connectivity index (χ0v) is 8.44. The molecule has 2 rings (SSSR count). The zero-order valence-electron chi connectivity index (χ0n) is 7.69. The molecular formula is C10H12ClNO2. The molecule has 3 nitrogen and oxygen atoms in total. The lowest BCUT2D eigenvalue weighted by molar-refractivity contribution is -0.117. The van der Waals surface area contributed by atoms with Crippen LogP contribution in [-0.4, -0.2) is 29.4 Å². The van der Waals surface area contributed by atoms with Crippen LogP contribution < -0.4 is 0 Å². The number of rotatable bonds is 2. The van der Waals surface area contributed by atoms with Gasteiger partial charge in [0.05, 0.1) is 19.3 Å². The molecule has 1 N–H and O–H groups in total. The third-order valence-corrected chi connectivity index (χ3v) is 2.35. The standard InChI is InChI=1S/C10H12ClNO2/c11-9-3-1-2-8(4-9)5-12-6-10(13)7-14-12/h1-4,10,13H,5-7H2. The van der Waals surface area contributed by atoms with Crippen molar-refractivity contribution in [2.45, 2.75) is 12.6 Å². The minimum absolute atomic E-state index is 0.366. The van der Waals surface area contributed by atoms with Crippen LogP contribution in [0.5, 0.6) is 0 Å². The molecule has 1 heterocycles. The minimum Gasteiger partial charge on any atom is -0.389 e. The predicted octanol–water partition coefficient (Wildman–Crippen LogP) is 1.45. The van der Waals surface area contributed by atoms with E-state index in [1.807, 2.05) is 24.3 Å². The van der Waals surface area contributed by atoms with Gasteiger partial charge in [0, 0.05) is 11.6 Å². The highest BCUT2D eigenvalue weighted by molar-refractivity contribution is 6.30. The van der Waals surface area contributed by atoms with E-state index in [0.717, 1.165) is 10.6 Å². The molecule has 1 aromatic rings. The van der Waals surface area contributed by atoms with E-state index in [0.29, 0.717) is 19.7 Å². The van der Waals surface area contributed by atoms with Gasteiger partial charge < -0.3 is 5.11 Å². The molecule has 0 saturated carbocycles. The van der Waals surface area contributed by atoms with Crippen LogP contribution in [0.25, 0.3) is 0 Å². The Balaban J connectivity index is 1.97. The van der Waals surface area contributed by atoms with Crippen molar-refractivity contribution in [2.24, 2.45) is 0 Å². The van der Waals surface area contributed by atoms with Gasteiger partial charge in [0.15, 0.2) is 0 Å². The van der Waals surface area contributed by atoms with Gasteiger partial charge in [-0.1, -0.05) is 23.7 Å². The second-order valence-corrected chi connectivity index (χ2v) is 3.84. The maximum atomic E-state index is 9.24. The van der Waals surface area contributed by atoms with E-state index in [1.54, 1.807) is 5.06 Å². The second kappa shape index (κ2) is 4.28. The molecule has 4 heteroatoms. The maximum Gasteiger partial charge on any atom is 0.0958 e. The van der Waals surface area contributed by atoms with Crippen molar-refractivity contribution >= 4 is 11.6 Å². The molecule has 76 valence electrons. The van der Waals surface area contributed by atoms with Gasteiger partial charge >= 0.3 is 0 Å². The van der Waals surface area contributed by atoms with Gasteiger partial charge in [0.2, 0.25) is 0 Å². The fourth-order valence-electron chi connectivity index (χ4n) is 1.48. The molecule has 1 aliphatic rings. The van der Waals surface area contributed by atoms with Gasteiger partial charge in [0.25, 0.3) is 0 Å². The van der Waals surface area contributed by atoms with Gasteiger partial charge in [-0.3, -0.25) is 4.84 Å². The second-order valence-electron chi connectivity index (χ2n) is 3.40. The molecule has 0 spiro atoms. The highest BCUT2D eigenvalue weighted by Gasteiger charge is 2.21. The van der Waals surface area contributed by atoms with Gasteiger partial charge in [-0.2, -0.15) is 5.06 Å². The van der Waals surface area contributed by atoms with Crippen molar-refractivity contribution in [1.82, 2.24) is 5.06 Å². The topological polar surface area (TPSA) is 32.7 Å². The molecule has 1 unspecified atom stereocenters. The fourth-order valence-corrected chi connectivity index (χ4v) is 1.69. The first kappa shape index (κ1) is 9.93. The third-order valence-electron chi connectivity index (χ3n) is 2.11. The summed E-state index contributed by atoms with van der Waals surface area (Å²) in [5.41, 5.74) is 1.09. The largest absolute Gasteiger partial charge is 0.389 e.